The summed E-state index contributed by atoms with van der Waals surface area (Å²) in [6.07, 6.45) is 1.09. The molecule has 1 aromatic carbocycles. The molecule has 0 amide bonds. The second-order valence-corrected chi connectivity index (χ2v) is 6.59. The minimum atomic E-state index is 0.831. The first kappa shape index (κ1) is 12.8. The second-order valence-electron chi connectivity index (χ2n) is 4.82. The van der Waals surface area contributed by atoms with Crippen LogP contribution in [0.1, 0.15) is 6.42 Å². The summed E-state index contributed by atoms with van der Waals surface area (Å²) in [4.78, 5) is 9.10. The van der Waals surface area contributed by atoms with Gasteiger partial charge in [0.05, 0.1) is 5.69 Å². The van der Waals surface area contributed by atoms with Crippen LogP contribution in [0.4, 0.5) is 5.13 Å². The Morgan fingerprint density at radius 2 is 2.10 bits per heavy atom. The van der Waals surface area contributed by atoms with Gasteiger partial charge in [-0.1, -0.05) is 18.2 Å². The maximum Gasteiger partial charge on any atom is 0.197 e. The summed E-state index contributed by atoms with van der Waals surface area (Å²) in [5.41, 5.74) is 2.23. The van der Waals surface area contributed by atoms with Gasteiger partial charge in [0.15, 0.2) is 11.1 Å². The Morgan fingerprint density at radius 3 is 3.00 bits per heavy atom. The molecule has 0 radical (unpaired) electrons. The van der Waals surface area contributed by atoms with Gasteiger partial charge in [-0.3, -0.25) is 4.99 Å². The minimum absolute atomic E-state index is 0.831. The molecule has 2 N–H and O–H groups in total. The van der Waals surface area contributed by atoms with Gasteiger partial charge >= 0.3 is 0 Å². The van der Waals surface area contributed by atoms with Crippen molar-refractivity contribution in [3.8, 4) is 11.3 Å². The van der Waals surface area contributed by atoms with Gasteiger partial charge in [-0.2, -0.15) is 0 Å². The third kappa shape index (κ3) is 2.52. The Labute approximate surface area is 130 Å². The van der Waals surface area contributed by atoms with Gasteiger partial charge in [-0.25, -0.2) is 4.98 Å². The van der Waals surface area contributed by atoms with Gasteiger partial charge in [0.25, 0.3) is 0 Å². The van der Waals surface area contributed by atoms with Crippen LogP contribution in [0.5, 0.6) is 0 Å². The zero-order valence-corrected chi connectivity index (χ0v) is 12.9. The topological polar surface area (TPSA) is 49.3 Å². The van der Waals surface area contributed by atoms with E-state index >= 15 is 0 Å². The van der Waals surface area contributed by atoms with E-state index in [0.717, 1.165) is 36.3 Å². The maximum atomic E-state index is 4.69. The quantitative estimate of drug-likeness (QED) is 0.756. The molecule has 3 aromatic rings. The first-order valence-corrected chi connectivity index (χ1v) is 8.63. The Balaban J connectivity index is 1.63. The number of aliphatic imine (C=N–C) groups is 1. The third-order valence-electron chi connectivity index (χ3n) is 3.38. The average Bonchev–Trinajstić information content (AvgIpc) is 3.14. The van der Waals surface area contributed by atoms with E-state index in [4.69, 9.17) is 4.98 Å². The number of thiophene rings is 1. The standard InChI is InChI=1S/C15H14N4S2/c1-2-5-13-10(4-1)11(8-20-13)12-9-21-15(18-12)19-14-16-6-3-7-17-14/h1-2,4-5,8-9H,3,6-7H2,(H2,16,17,18,19). The predicted molar refractivity (Wildman–Crippen MR) is 91.5 cm³/mol. The lowest BCUT2D eigenvalue weighted by molar-refractivity contribution is 0.740. The lowest BCUT2D eigenvalue weighted by atomic mass is 10.1. The molecule has 0 saturated heterocycles. The number of thiazole rings is 1. The minimum Gasteiger partial charge on any atom is -0.356 e. The van der Waals surface area contributed by atoms with Gasteiger partial charge < -0.3 is 10.6 Å². The summed E-state index contributed by atoms with van der Waals surface area (Å²) in [7, 11) is 0. The number of rotatable bonds is 2. The van der Waals surface area contributed by atoms with E-state index in [1.54, 1.807) is 22.7 Å². The maximum absolute atomic E-state index is 4.69. The van der Waals surface area contributed by atoms with Crippen LogP contribution in [0.15, 0.2) is 40.0 Å². The molecule has 1 aliphatic rings. The number of benzene rings is 1. The summed E-state index contributed by atoms with van der Waals surface area (Å²) in [5, 5.41) is 12.9. The molecule has 2 aromatic heterocycles. The van der Waals surface area contributed by atoms with Crippen molar-refractivity contribution in [3.63, 3.8) is 0 Å². The number of hydrogen-bond donors (Lipinski definition) is 2. The van der Waals surface area contributed by atoms with E-state index in [9.17, 15) is 0 Å². The highest BCUT2D eigenvalue weighted by Crippen LogP contribution is 2.35. The van der Waals surface area contributed by atoms with E-state index in [1.165, 1.54) is 15.6 Å². The molecule has 1 aliphatic heterocycles. The summed E-state index contributed by atoms with van der Waals surface area (Å²) in [5.74, 6) is 0.831. The van der Waals surface area contributed by atoms with Crippen LogP contribution in [0.3, 0.4) is 0 Å². The van der Waals surface area contributed by atoms with Gasteiger partial charge in [-0.15, -0.1) is 22.7 Å². The SMILES string of the molecule is c1ccc2c(-c3csc(NC4=NCCCN4)n3)csc2c1. The van der Waals surface area contributed by atoms with Crippen LogP contribution >= 0.6 is 22.7 Å². The monoisotopic (exact) mass is 314 g/mol. The van der Waals surface area contributed by atoms with Crippen molar-refractivity contribution in [1.82, 2.24) is 10.3 Å². The van der Waals surface area contributed by atoms with Crippen molar-refractivity contribution in [3.05, 3.63) is 35.0 Å². The zero-order valence-electron chi connectivity index (χ0n) is 11.3. The molecule has 0 unspecified atom stereocenters. The van der Waals surface area contributed by atoms with Gasteiger partial charge in [0.2, 0.25) is 0 Å². The number of fused-ring (bicyclic) bond motifs is 1. The Bertz CT molecular complexity index is 803. The zero-order chi connectivity index (χ0) is 14.1. The molecular weight excluding hydrogens is 300 g/mol. The molecule has 4 nitrogen and oxygen atoms in total. The highest BCUT2D eigenvalue weighted by molar-refractivity contribution is 7.18. The number of hydrogen-bond acceptors (Lipinski definition) is 6. The fourth-order valence-corrected chi connectivity index (χ4v) is 4.01. The van der Waals surface area contributed by atoms with Gasteiger partial charge in [-0.05, 0) is 12.5 Å². The fraction of sp³-hybridized carbons (Fsp3) is 0.200. The van der Waals surface area contributed by atoms with Crippen LogP contribution in [0, 0.1) is 0 Å². The number of aromatic nitrogens is 1. The Kier molecular flexibility index (Phi) is 3.33. The molecular formula is C15H14N4S2. The van der Waals surface area contributed by atoms with Gasteiger partial charge in [0.1, 0.15) is 0 Å². The molecule has 0 saturated carbocycles. The highest BCUT2D eigenvalue weighted by Gasteiger charge is 2.11. The van der Waals surface area contributed by atoms with Crippen LogP contribution in [0.2, 0.25) is 0 Å². The Hall–Kier alpha value is -1.92. The summed E-state index contributed by atoms with van der Waals surface area (Å²) < 4.78 is 1.30. The Morgan fingerprint density at radius 1 is 1.14 bits per heavy atom. The normalized spacial score (nSPS) is 14.8. The molecule has 106 valence electrons. The molecule has 3 heterocycles. The number of guanidine groups is 1. The van der Waals surface area contributed by atoms with Crippen LogP contribution in [-0.2, 0) is 0 Å². The molecule has 6 heteroatoms. The summed E-state index contributed by atoms with van der Waals surface area (Å²) in [6.45, 7) is 1.85. The van der Waals surface area contributed by atoms with Crippen molar-refractivity contribution in [1.29, 1.82) is 0 Å². The first-order chi connectivity index (χ1) is 10.4. The lowest BCUT2D eigenvalue weighted by Gasteiger charge is -2.14. The lowest BCUT2D eigenvalue weighted by Crippen LogP contribution is -2.35. The highest BCUT2D eigenvalue weighted by atomic mass is 32.1. The average molecular weight is 314 g/mol. The largest absolute Gasteiger partial charge is 0.356 e. The van der Waals surface area contributed by atoms with Crippen LogP contribution in [0.25, 0.3) is 21.3 Å². The first-order valence-electron chi connectivity index (χ1n) is 6.87. The van der Waals surface area contributed by atoms with E-state index in [0.29, 0.717) is 0 Å². The van der Waals surface area contributed by atoms with Crippen molar-refractivity contribution < 1.29 is 0 Å². The van der Waals surface area contributed by atoms with E-state index in [1.807, 2.05) is 0 Å². The van der Waals surface area contributed by atoms with E-state index in [-0.39, 0.29) is 0 Å². The molecule has 0 atom stereocenters. The molecule has 0 bridgehead atoms. The number of anilines is 1. The van der Waals surface area contributed by atoms with Crippen LogP contribution in [-0.4, -0.2) is 24.0 Å². The third-order valence-corrected chi connectivity index (χ3v) is 5.10. The van der Waals surface area contributed by atoms with Crippen molar-refractivity contribution in [2.24, 2.45) is 4.99 Å². The number of nitrogens with zero attached hydrogens (tertiary/aromatic N) is 2. The molecule has 0 aliphatic carbocycles. The second kappa shape index (κ2) is 5.46. The van der Waals surface area contributed by atoms with Crippen molar-refractivity contribution in [2.75, 3.05) is 18.4 Å². The van der Waals surface area contributed by atoms with E-state index < -0.39 is 0 Å². The summed E-state index contributed by atoms with van der Waals surface area (Å²) in [6, 6.07) is 8.45. The molecule has 4 rings (SSSR count). The van der Waals surface area contributed by atoms with Crippen molar-refractivity contribution >= 4 is 43.9 Å². The smallest absolute Gasteiger partial charge is 0.197 e. The molecule has 0 spiro atoms. The van der Waals surface area contributed by atoms with Crippen molar-refractivity contribution in [2.45, 2.75) is 6.42 Å². The van der Waals surface area contributed by atoms with Gasteiger partial charge in [0, 0.05) is 39.5 Å². The molecule has 21 heavy (non-hydrogen) atoms. The van der Waals surface area contributed by atoms with E-state index in [2.05, 4.69) is 50.7 Å². The van der Waals surface area contributed by atoms with Crippen LogP contribution < -0.4 is 10.6 Å². The fourth-order valence-electron chi connectivity index (χ4n) is 2.35. The predicted octanol–water partition coefficient (Wildman–Crippen LogP) is 3.79. The summed E-state index contributed by atoms with van der Waals surface area (Å²) >= 11 is 3.37. The number of nitrogens with one attached hydrogen (secondary N) is 2. The molecule has 0 fully saturated rings.